The van der Waals surface area contributed by atoms with Crippen LogP contribution in [0.1, 0.15) is 6.92 Å². The molecule has 0 atom stereocenters. The molecule has 0 aliphatic heterocycles. The van der Waals surface area contributed by atoms with Gasteiger partial charge in [-0.3, -0.25) is 4.79 Å². The zero-order valence-corrected chi connectivity index (χ0v) is 11.9. The molecule has 0 bridgehead atoms. The van der Waals surface area contributed by atoms with Crippen molar-refractivity contribution in [3.63, 3.8) is 0 Å². The van der Waals surface area contributed by atoms with Gasteiger partial charge >= 0.3 is 11.5 Å². The van der Waals surface area contributed by atoms with E-state index in [1.54, 1.807) is 6.92 Å². The van der Waals surface area contributed by atoms with E-state index >= 15 is 0 Å². The van der Waals surface area contributed by atoms with Gasteiger partial charge in [-0.25, -0.2) is 8.42 Å². The fraction of sp³-hybridized carbons (Fsp3) is 0.364. The quantitative estimate of drug-likeness (QED) is 0.614. The van der Waals surface area contributed by atoms with Crippen LogP contribution in [0.3, 0.4) is 0 Å². The van der Waals surface area contributed by atoms with Crippen LogP contribution in [-0.4, -0.2) is 32.3 Å². The van der Waals surface area contributed by atoms with Gasteiger partial charge in [0.15, 0.2) is 0 Å². The second-order valence-electron chi connectivity index (χ2n) is 3.49. The highest BCUT2D eigenvalue weighted by Gasteiger charge is 2.47. The van der Waals surface area contributed by atoms with E-state index in [1.165, 1.54) is 18.2 Å². The molecule has 1 aromatic carbocycles. The highest BCUT2D eigenvalue weighted by Crippen LogP contribution is 2.35. The summed E-state index contributed by atoms with van der Waals surface area (Å²) in [5, 5.41) is 0. The molecular weight excluding hydrogens is 317 g/mol. The molecule has 0 aliphatic rings. The smallest absolute Gasteiger partial charge is 0.465 e. The van der Waals surface area contributed by atoms with E-state index < -0.39 is 26.2 Å². The van der Waals surface area contributed by atoms with Gasteiger partial charge in [-0.2, -0.15) is 13.2 Å². The maximum atomic E-state index is 12.5. The first-order valence-corrected chi connectivity index (χ1v) is 7.86. The summed E-state index contributed by atoms with van der Waals surface area (Å²) < 4.78 is 65.0. The van der Waals surface area contributed by atoms with Gasteiger partial charge in [-0.15, -0.1) is 11.8 Å². The number of ether oxygens (including phenoxy) is 1. The summed E-state index contributed by atoms with van der Waals surface area (Å²) in [7, 11) is -5.44. The maximum Gasteiger partial charge on any atom is 0.501 e. The van der Waals surface area contributed by atoms with Gasteiger partial charge in [0.2, 0.25) is 0 Å². The number of esters is 1. The summed E-state index contributed by atoms with van der Waals surface area (Å²) in [5.74, 6) is -0.894. The van der Waals surface area contributed by atoms with Gasteiger partial charge in [-0.1, -0.05) is 12.1 Å². The minimum Gasteiger partial charge on any atom is -0.465 e. The van der Waals surface area contributed by atoms with E-state index in [1.807, 2.05) is 0 Å². The number of hydrogen-bond donors (Lipinski definition) is 0. The van der Waals surface area contributed by atoms with Crippen molar-refractivity contribution in [1.82, 2.24) is 0 Å². The number of benzene rings is 1. The molecule has 0 fully saturated rings. The number of halogens is 3. The minimum absolute atomic E-state index is 0.141. The van der Waals surface area contributed by atoms with Crippen molar-refractivity contribution in [3.05, 3.63) is 24.3 Å². The lowest BCUT2D eigenvalue weighted by atomic mass is 10.4. The van der Waals surface area contributed by atoms with E-state index in [-0.39, 0.29) is 17.3 Å². The zero-order valence-electron chi connectivity index (χ0n) is 10.3. The normalized spacial score (nSPS) is 12.2. The van der Waals surface area contributed by atoms with E-state index in [4.69, 9.17) is 0 Å². The summed E-state index contributed by atoms with van der Waals surface area (Å²) in [5.41, 5.74) is -5.38. The summed E-state index contributed by atoms with van der Waals surface area (Å²) in [6, 6.07) is 4.65. The van der Waals surface area contributed by atoms with Gasteiger partial charge in [-0.05, 0) is 19.1 Å². The van der Waals surface area contributed by atoms with Crippen LogP contribution < -0.4 is 0 Å². The molecule has 0 unspecified atom stereocenters. The molecule has 0 heterocycles. The molecule has 4 nitrogen and oxygen atoms in total. The second kappa shape index (κ2) is 6.49. The molecule has 0 amide bonds. The number of sulfone groups is 1. The van der Waals surface area contributed by atoms with Crippen LogP contribution in [0.4, 0.5) is 13.2 Å². The lowest BCUT2D eigenvalue weighted by Crippen LogP contribution is -2.23. The number of carbonyl (C=O) groups excluding carboxylic acids is 1. The Bertz CT molecular complexity index is 582. The molecule has 112 valence electrons. The molecule has 0 N–H and O–H groups in total. The molecule has 1 rings (SSSR count). The number of carbonyl (C=O) groups is 1. The molecule has 0 aliphatic carbocycles. The lowest BCUT2D eigenvalue weighted by molar-refractivity contribution is -0.139. The third-order valence-corrected chi connectivity index (χ3v) is 4.81. The van der Waals surface area contributed by atoms with E-state index in [0.717, 1.165) is 6.07 Å². The summed E-state index contributed by atoms with van der Waals surface area (Å²) in [6.07, 6.45) is 0. The van der Waals surface area contributed by atoms with E-state index in [9.17, 15) is 26.4 Å². The van der Waals surface area contributed by atoms with Crippen molar-refractivity contribution in [2.45, 2.75) is 22.2 Å². The Hall–Kier alpha value is -1.22. The van der Waals surface area contributed by atoms with Crippen LogP contribution in [0.5, 0.6) is 0 Å². The first kappa shape index (κ1) is 16.8. The standard InChI is InChI=1S/C11H11F3O4S2/c1-2-18-10(15)7-19-8-5-3-4-6-9(8)20(16,17)11(12,13)14/h3-6H,2,7H2,1H3. The Kier molecular flexibility index (Phi) is 5.46. The monoisotopic (exact) mass is 328 g/mol. The van der Waals surface area contributed by atoms with Gasteiger partial charge in [0.05, 0.1) is 17.3 Å². The average molecular weight is 328 g/mol. The molecular formula is C11H11F3O4S2. The minimum atomic E-state index is -5.44. The maximum absolute atomic E-state index is 12.5. The second-order valence-corrected chi connectivity index (χ2v) is 6.42. The molecule has 0 spiro atoms. The predicted molar refractivity (Wildman–Crippen MR) is 67.0 cm³/mol. The molecule has 0 radical (unpaired) electrons. The third-order valence-electron chi connectivity index (χ3n) is 2.09. The summed E-state index contributed by atoms with van der Waals surface area (Å²) >= 11 is 0.684. The molecule has 0 saturated carbocycles. The largest absolute Gasteiger partial charge is 0.501 e. The number of alkyl halides is 3. The van der Waals surface area contributed by atoms with E-state index in [0.29, 0.717) is 11.8 Å². The van der Waals surface area contributed by atoms with Crippen LogP contribution >= 0.6 is 11.8 Å². The van der Waals surface area contributed by atoms with Crippen molar-refractivity contribution in [3.8, 4) is 0 Å². The lowest BCUT2D eigenvalue weighted by Gasteiger charge is -2.11. The van der Waals surface area contributed by atoms with Crippen LogP contribution in [0, 0.1) is 0 Å². The fourth-order valence-electron chi connectivity index (χ4n) is 1.26. The SMILES string of the molecule is CCOC(=O)CSc1ccccc1S(=O)(=O)C(F)(F)F. The van der Waals surface area contributed by atoms with Crippen LogP contribution in [0.2, 0.25) is 0 Å². The first-order valence-electron chi connectivity index (χ1n) is 5.39. The van der Waals surface area contributed by atoms with Crippen LogP contribution in [-0.2, 0) is 19.4 Å². The molecule has 1 aromatic rings. The topological polar surface area (TPSA) is 60.4 Å². The Morgan fingerprint density at radius 3 is 2.45 bits per heavy atom. The number of thioether (sulfide) groups is 1. The van der Waals surface area contributed by atoms with Crippen molar-refractivity contribution >= 4 is 27.6 Å². The highest BCUT2D eigenvalue weighted by atomic mass is 32.2. The third kappa shape index (κ3) is 3.89. The van der Waals surface area contributed by atoms with Crippen molar-refractivity contribution in [2.75, 3.05) is 12.4 Å². The highest BCUT2D eigenvalue weighted by molar-refractivity contribution is 8.01. The molecule has 0 aromatic heterocycles. The van der Waals surface area contributed by atoms with Gasteiger partial charge in [0.25, 0.3) is 9.84 Å². The Balaban J connectivity index is 3.04. The van der Waals surface area contributed by atoms with Crippen molar-refractivity contribution < 1.29 is 31.1 Å². The van der Waals surface area contributed by atoms with Crippen LogP contribution in [0.15, 0.2) is 34.1 Å². The molecule has 20 heavy (non-hydrogen) atoms. The Morgan fingerprint density at radius 1 is 1.30 bits per heavy atom. The Labute approximate surface area is 118 Å². The first-order chi connectivity index (χ1) is 9.20. The van der Waals surface area contributed by atoms with Crippen molar-refractivity contribution in [2.24, 2.45) is 0 Å². The summed E-state index contributed by atoms with van der Waals surface area (Å²) in [4.78, 5) is 10.2. The zero-order chi connectivity index (χ0) is 15.4. The average Bonchev–Trinajstić information content (AvgIpc) is 2.35. The van der Waals surface area contributed by atoms with Crippen LogP contribution in [0.25, 0.3) is 0 Å². The van der Waals surface area contributed by atoms with E-state index in [2.05, 4.69) is 4.74 Å². The predicted octanol–water partition coefficient (Wildman–Crippen LogP) is 2.64. The Morgan fingerprint density at radius 2 is 1.90 bits per heavy atom. The fourth-order valence-corrected chi connectivity index (χ4v) is 3.34. The molecule has 9 heteroatoms. The van der Waals surface area contributed by atoms with Gasteiger partial charge in [0, 0.05) is 4.90 Å². The van der Waals surface area contributed by atoms with Crippen molar-refractivity contribution in [1.29, 1.82) is 0 Å². The summed E-state index contributed by atoms with van der Waals surface area (Å²) in [6.45, 7) is 1.73. The van der Waals surface area contributed by atoms with Gasteiger partial charge < -0.3 is 4.74 Å². The number of rotatable bonds is 5. The van der Waals surface area contributed by atoms with Gasteiger partial charge in [0.1, 0.15) is 0 Å². The molecule has 0 saturated heterocycles. The number of hydrogen-bond acceptors (Lipinski definition) is 5.